The fourth-order valence-electron chi connectivity index (χ4n) is 1.69. The standard InChI is InChI=1S/C15H15ClN2O2/c16-12-3-1-11(2-4-12)9-10-17-15(20)18-13-5-7-14(19)8-6-13/h1-8,19H,9-10H2,(H2,17,18,20). The van der Waals surface area contributed by atoms with Crippen molar-refractivity contribution in [3.63, 3.8) is 0 Å². The molecule has 20 heavy (non-hydrogen) atoms. The van der Waals surface area contributed by atoms with Gasteiger partial charge < -0.3 is 15.7 Å². The highest BCUT2D eigenvalue weighted by Gasteiger charge is 2.01. The third-order valence-electron chi connectivity index (χ3n) is 2.74. The topological polar surface area (TPSA) is 61.4 Å². The number of benzene rings is 2. The van der Waals surface area contributed by atoms with Crippen LogP contribution in [0.4, 0.5) is 10.5 Å². The van der Waals surface area contributed by atoms with E-state index in [0.717, 1.165) is 12.0 Å². The first kappa shape index (κ1) is 14.2. The van der Waals surface area contributed by atoms with Gasteiger partial charge in [0.15, 0.2) is 0 Å². The molecule has 3 N–H and O–H groups in total. The zero-order chi connectivity index (χ0) is 14.4. The number of hydrogen-bond acceptors (Lipinski definition) is 2. The lowest BCUT2D eigenvalue weighted by Crippen LogP contribution is -2.30. The summed E-state index contributed by atoms with van der Waals surface area (Å²) < 4.78 is 0. The van der Waals surface area contributed by atoms with E-state index in [-0.39, 0.29) is 11.8 Å². The average molecular weight is 291 g/mol. The molecule has 0 fully saturated rings. The molecule has 0 radical (unpaired) electrons. The number of carbonyl (C=O) groups excluding carboxylic acids is 1. The second kappa shape index (κ2) is 6.82. The average Bonchev–Trinajstić information content (AvgIpc) is 2.44. The van der Waals surface area contributed by atoms with Crippen molar-refractivity contribution in [1.29, 1.82) is 0 Å². The molecule has 4 nitrogen and oxygen atoms in total. The first-order chi connectivity index (χ1) is 9.63. The van der Waals surface area contributed by atoms with Crippen molar-refractivity contribution in [3.05, 3.63) is 59.1 Å². The number of rotatable bonds is 4. The maximum atomic E-state index is 11.6. The van der Waals surface area contributed by atoms with E-state index in [9.17, 15) is 4.79 Å². The minimum Gasteiger partial charge on any atom is -0.508 e. The van der Waals surface area contributed by atoms with E-state index < -0.39 is 0 Å². The number of aromatic hydroxyl groups is 1. The van der Waals surface area contributed by atoms with Gasteiger partial charge in [-0.3, -0.25) is 0 Å². The molecule has 0 spiro atoms. The normalized spacial score (nSPS) is 10.1. The first-order valence-corrected chi connectivity index (χ1v) is 6.59. The second-order valence-corrected chi connectivity index (χ2v) is 4.74. The van der Waals surface area contributed by atoms with Crippen LogP contribution in [0.2, 0.25) is 5.02 Å². The van der Waals surface area contributed by atoms with Gasteiger partial charge in [0.1, 0.15) is 5.75 Å². The predicted molar refractivity (Wildman–Crippen MR) is 80.3 cm³/mol. The van der Waals surface area contributed by atoms with Crippen LogP contribution < -0.4 is 10.6 Å². The van der Waals surface area contributed by atoms with Crippen molar-refractivity contribution in [1.82, 2.24) is 5.32 Å². The van der Waals surface area contributed by atoms with E-state index in [1.165, 1.54) is 12.1 Å². The number of phenols is 1. The summed E-state index contributed by atoms with van der Waals surface area (Å²) in [5.41, 5.74) is 1.74. The van der Waals surface area contributed by atoms with E-state index in [1.54, 1.807) is 12.1 Å². The molecule has 2 rings (SSSR count). The van der Waals surface area contributed by atoms with Crippen LogP contribution in [-0.2, 0) is 6.42 Å². The van der Waals surface area contributed by atoms with E-state index >= 15 is 0 Å². The zero-order valence-electron chi connectivity index (χ0n) is 10.8. The Kier molecular flexibility index (Phi) is 4.85. The number of nitrogens with one attached hydrogen (secondary N) is 2. The Morgan fingerprint density at radius 1 is 1.05 bits per heavy atom. The minimum atomic E-state index is -0.273. The molecule has 0 aliphatic heterocycles. The molecule has 0 aromatic heterocycles. The molecule has 0 aliphatic rings. The summed E-state index contributed by atoms with van der Waals surface area (Å²) in [4.78, 5) is 11.6. The molecule has 5 heteroatoms. The van der Waals surface area contributed by atoms with Gasteiger partial charge in [-0.25, -0.2) is 4.79 Å². The summed E-state index contributed by atoms with van der Waals surface area (Å²) >= 11 is 5.80. The van der Waals surface area contributed by atoms with Crippen molar-refractivity contribution >= 4 is 23.3 Å². The highest BCUT2D eigenvalue weighted by molar-refractivity contribution is 6.30. The van der Waals surface area contributed by atoms with Gasteiger partial charge in [-0.1, -0.05) is 23.7 Å². The number of carbonyl (C=O) groups is 1. The van der Waals surface area contributed by atoms with Gasteiger partial charge in [0.25, 0.3) is 0 Å². The van der Waals surface area contributed by atoms with Gasteiger partial charge in [-0.15, -0.1) is 0 Å². The van der Waals surface area contributed by atoms with Crippen LogP contribution in [0.25, 0.3) is 0 Å². The highest BCUT2D eigenvalue weighted by atomic mass is 35.5. The van der Waals surface area contributed by atoms with Crippen molar-refractivity contribution in [2.24, 2.45) is 0 Å². The van der Waals surface area contributed by atoms with E-state index in [1.807, 2.05) is 24.3 Å². The number of anilines is 1. The molecular formula is C15H15ClN2O2. The molecule has 0 saturated carbocycles. The fraction of sp³-hybridized carbons (Fsp3) is 0.133. The molecule has 104 valence electrons. The smallest absolute Gasteiger partial charge is 0.319 e. The van der Waals surface area contributed by atoms with Gasteiger partial charge >= 0.3 is 6.03 Å². The first-order valence-electron chi connectivity index (χ1n) is 6.22. The molecule has 0 unspecified atom stereocenters. The maximum Gasteiger partial charge on any atom is 0.319 e. The highest BCUT2D eigenvalue weighted by Crippen LogP contribution is 2.13. The number of halogens is 1. The Bertz CT molecular complexity index is 567. The van der Waals surface area contributed by atoms with Gasteiger partial charge in [-0.2, -0.15) is 0 Å². The van der Waals surface area contributed by atoms with Crippen LogP contribution in [0, 0.1) is 0 Å². The zero-order valence-corrected chi connectivity index (χ0v) is 11.5. The Balaban J connectivity index is 1.75. The van der Waals surface area contributed by atoms with Gasteiger partial charge in [0, 0.05) is 17.3 Å². The van der Waals surface area contributed by atoms with E-state index in [4.69, 9.17) is 16.7 Å². The molecular weight excluding hydrogens is 276 g/mol. The largest absolute Gasteiger partial charge is 0.508 e. The predicted octanol–water partition coefficient (Wildman–Crippen LogP) is 3.41. The summed E-state index contributed by atoms with van der Waals surface area (Å²) in [5.74, 6) is 0.165. The molecule has 0 aliphatic carbocycles. The van der Waals surface area contributed by atoms with Crippen LogP contribution in [0.5, 0.6) is 5.75 Å². The van der Waals surface area contributed by atoms with Crippen molar-refractivity contribution in [3.8, 4) is 5.75 Å². The monoisotopic (exact) mass is 290 g/mol. The Morgan fingerprint density at radius 2 is 1.70 bits per heavy atom. The minimum absolute atomic E-state index is 0.165. The summed E-state index contributed by atoms with van der Waals surface area (Å²) in [5, 5.41) is 15.3. The number of amides is 2. The van der Waals surface area contributed by atoms with E-state index in [2.05, 4.69) is 10.6 Å². The lowest BCUT2D eigenvalue weighted by atomic mass is 10.1. The molecule has 2 amide bonds. The van der Waals surface area contributed by atoms with Crippen molar-refractivity contribution < 1.29 is 9.90 Å². The summed E-state index contributed by atoms with van der Waals surface area (Å²) in [7, 11) is 0. The van der Waals surface area contributed by atoms with Gasteiger partial charge in [0.2, 0.25) is 0 Å². The quantitative estimate of drug-likeness (QED) is 0.756. The van der Waals surface area contributed by atoms with Crippen LogP contribution in [0.1, 0.15) is 5.56 Å². The molecule has 2 aromatic rings. The van der Waals surface area contributed by atoms with Crippen molar-refractivity contribution in [2.45, 2.75) is 6.42 Å². The summed E-state index contributed by atoms with van der Waals surface area (Å²) in [6.45, 7) is 0.533. The molecule has 0 bridgehead atoms. The molecule has 0 heterocycles. The third-order valence-corrected chi connectivity index (χ3v) is 2.99. The number of phenolic OH excluding ortho intramolecular Hbond substituents is 1. The number of urea groups is 1. The molecule has 0 saturated heterocycles. The van der Waals surface area contributed by atoms with Crippen LogP contribution >= 0.6 is 11.6 Å². The van der Waals surface area contributed by atoms with Crippen LogP contribution in [-0.4, -0.2) is 17.7 Å². The third kappa shape index (κ3) is 4.48. The van der Waals surface area contributed by atoms with Crippen LogP contribution in [0.15, 0.2) is 48.5 Å². The lowest BCUT2D eigenvalue weighted by Gasteiger charge is -2.07. The Hall–Kier alpha value is -2.20. The number of hydrogen-bond donors (Lipinski definition) is 3. The molecule has 0 atom stereocenters. The summed E-state index contributed by atoms with van der Waals surface area (Å²) in [6, 6.07) is 13.5. The van der Waals surface area contributed by atoms with Gasteiger partial charge in [0.05, 0.1) is 0 Å². The lowest BCUT2D eigenvalue weighted by molar-refractivity contribution is 0.252. The SMILES string of the molecule is O=C(NCCc1ccc(Cl)cc1)Nc1ccc(O)cc1. The molecule has 2 aromatic carbocycles. The second-order valence-electron chi connectivity index (χ2n) is 4.30. The maximum absolute atomic E-state index is 11.6. The Labute approximate surface area is 122 Å². The Morgan fingerprint density at radius 3 is 2.35 bits per heavy atom. The van der Waals surface area contributed by atoms with E-state index in [0.29, 0.717) is 17.3 Å². The summed E-state index contributed by atoms with van der Waals surface area (Å²) in [6.07, 6.45) is 0.736. The van der Waals surface area contributed by atoms with Crippen molar-refractivity contribution in [2.75, 3.05) is 11.9 Å². The van der Waals surface area contributed by atoms with Gasteiger partial charge in [-0.05, 0) is 48.4 Å². The van der Waals surface area contributed by atoms with Crippen LogP contribution in [0.3, 0.4) is 0 Å². The fourth-order valence-corrected chi connectivity index (χ4v) is 1.82.